The van der Waals surface area contributed by atoms with Gasteiger partial charge < -0.3 is 19.9 Å². The van der Waals surface area contributed by atoms with Crippen LogP contribution in [0.4, 0.5) is 4.79 Å². The van der Waals surface area contributed by atoms with E-state index in [1.165, 1.54) is 10.4 Å². The minimum atomic E-state index is -0.171. The van der Waals surface area contributed by atoms with E-state index in [1.54, 1.807) is 16.2 Å². The van der Waals surface area contributed by atoms with Crippen molar-refractivity contribution in [1.82, 2.24) is 15.1 Å². The number of urea groups is 1. The molecule has 1 N–H and O–H groups in total. The smallest absolute Gasteiger partial charge is 0.318 e. The summed E-state index contributed by atoms with van der Waals surface area (Å²) >= 11 is 1.74. The van der Waals surface area contributed by atoms with Crippen LogP contribution in [0.3, 0.4) is 0 Å². The number of nitrogens with one attached hydrogen (secondary N) is 1. The highest BCUT2D eigenvalue weighted by Gasteiger charge is 2.34. The number of carbonyl (C=O) groups is 2. The Kier molecular flexibility index (Phi) is 9.39. The Balaban J connectivity index is 1.75. The average molecular weight is 486 g/mol. The molecule has 6 nitrogen and oxygen atoms in total. The lowest BCUT2D eigenvalue weighted by Gasteiger charge is -2.38. The van der Waals surface area contributed by atoms with E-state index < -0.39 is 0 Å². The third-order valence-corrected chi connectivity index (χ3v) is 7.58. The van der Waals surface area contributed by atoms with Crippen LogP contribution in [-0.2, 0) is 11.2 Å². The average Bonchev–Trinajstić information content (AvgIpc) is 3.33. The molecule has 3 rings (SSSR count). The van der Waals surface area contributed by atoms with Gasteiger partial charge in [-0.3, -0.25) is 4.79 Å². The number of fused-ring (bicyclic) bond motifs is 1. The molecule has 1 aromatic carbocycles. The quantitative estimate of drug-likeness (QED) is 0.477. The van der Waals surface area contributed by atoms with Crippen LogP contribution in [0.1, 0.15) is 75.4 Å². The van der Waals surface area contributed by atoms with E-state index in [4.69, 9.17) is 4.74 Å². The fourth-order valence-corrected chi connectivity index (χ4v) is 5.15. The van der Waals surface area contributed by atoms with Crippen LogP contribution in [0.5, 0.6) is 5.75 Å². The third kappa shape index (κ3) is 6.32. The standard InChI is InChI=1S/C27H39N3O3S/c1-6-14-28-27(32)30(20(5)7-2)17-26(31)29-15-12-25-23(13-16-34-25)24(29)18-33-22-10-8-21(9-11-22)19(3)4/h8-11,13,16,19-20,24H,6-7,12,14-15,17-18H2,1-5H3,(H,28,32). The minimum absolute atomic E-state index is 0.0172. The summed E-state index contributed by atoms with van der Waals surface area (Å²) < 4.78 is 6.18. The molecule has 2 heterocycles. The molecule has 0 saturated carbocycles. The molecule has 0 fully saturated rings. The molecular formula is C27H39N3O3S. The van der Waals surface area contributed by atoms with E-state index in [0.29, 0.717) is 25.6 Å². The summed E-state index contributed by atoms with van der Waals surface area (Å²) in [4.78, 5) is 31.2. The lowest BCUT2D eigenvalue weighted by Crippen LogP contribution is -2.52. The first kappa shape index (κ1) is 26.1. The Hall–Kier alpha value is -2.54. The number of carbonyl (C=O) groups excluding carboxylic acids is 2. The van der Waals surface area contributed by atoms with E-state index in [9.17, 15) is 9.59 Å². The van der Waals surface area contributed by atoms with Gasteiger partial charge in [-0.15, -0.1) is 11.3 Å². The Bertz CT molecular complexity index is 941. The number of hydrogen-bond acceptors (Lipinski definition) is 4. The molecule has 1 aliphatic rings. The normalized spacial score (nSPS) is 16.2. The zero-order chi connectivity index (χ0) is 24.7. The Morgan fingerprint density at radius 3 is 2.56 bits per heavy atom. The van der Waals surface area contributed by atoms with Crippen molar-refractivity contribution in [3.63, 3.8) is 0 Å². The number of ether oxygens (including phenoxy) is 1. The topological polar surface area (TPSA) is 61.9 Å². The predicted molar refractivity (Wildman–Crippen MR) is 139 cm³/mol. The van der Waals surface area contributed by atoms with Crippen LogP contribution >= 0.6 is 11.3 Å². The summed E-state index contributed by atoms with van der Waals surface area (Å²) in [6, 6.07) is 9.95. The van der Waals surface area contributed by atoms with E-state index >= 15 is 0 Å². The van der Waals surface area contributed by atoms with Crippen LogP contribution in [0, 0.1) is 0 Å². The monoisotopic (exact) mass is 485 g/mol. The second-order valence-electron chi connectivity index (χ2n) is 9.30. The molecule has 0 bridgehead atoms. The van der Waals surface area contributed by atoms with Crippen LogP contribution in [0.25, 0.3) is 0 Å². The van der Waals surface area contributed by atoms with Crippen molar-refractivity contribution in [2.75, 3.05) is 26.2 Å². The van der Waals surface area contributed by atoms with Crippen LogP contribution in [0.2, 0.25) is 0 Å². The first-order valence-electron chi connectivity index (χ1n) is 12.5. The molecule has 7 heteroatoms. The van der Waals surface area contributed by atoms with Crippen LogP contribution < -0.4 is 10.1 Å². The van der Waals surface area contributed by atoms with Crippen molar-refractivity contribution in [3.05, 3.63) is 51.7 Å². The molecule has 3 amide bonds. The van der Waals surface area contributed by atoms with Gasteiger partial charge >= 0.3 is 6.03 Å². The van der Waals surface area contributed by atoms with Crippen molar-refractivity contribution < 1.29 is 14.3 Å². The van der Waals surface area contributed by atoms with Crippen molar-refractivity contribution in [1.29, 1.82) is 0 Å². The Labute approximate surface area is 208 Å². The highest BCUT2D eigenvalue weighted by atomic mass is 32.1. The highest BCUT2D eigenvalue weighted by molar-refractivity contribution is 7.10. The first-order valence-corrected chi connectivity index (χ1v) is 13.4. The molecule has 34 heavy (non-hydrogen) atoms. The molecule has 0 radical (unpaired) electrons. The number of amides is 3. The Morgan fingerprint density at radius 2 is 1.91 bits per heavy atom. The molecule has 2 unspecified atom stereocenters. The highest BCUT2D eigenvalue weighted by Crippen LogP contribution is 2.34. The fourth-order valence-electron chi connectivity index (χ4n) is 4.22. The summed E-state index contributed by atoms with van der Waals surface area (Å²) in [6.45, 7) is 12.1. The molecule has 0 spiro atoms. The molecule has 186 valence electrons. The summed E-state index contributed by atoms with van der Waals surface area (Å²) in [5, 5.41) is 5.02. The lowest BCUT2D eigenvalue weighted by molar-refractivity contribution is -0.135. The van der Waals surface area contributed by atoms with Gasteiger partial charge in [0.1, 0.15) is 18.9 Å². The van der Waals surface area contributed by atoms with Crippen molar-refractivity contribution >= 4 is 23.3 Å². The van der Waals surface area contributed by atoms with Crippen molar-refractivity contribution in [3.8, 4) is 5.75 Å². The maximum atomic E-state index is 13.5. The summed E-state index contributed by atoms with van der Waals surface area (Å²) in [7, 11) is 0. The SMILES string of the molecule is CCCNC(=O)N(CC(=O)N1CCc2sccc2C1COc1ccc(C(C)C)cc1)C(C)CC. The molecule has 1 aromatic heterocycles. The zero-order valence-corrected chi connectivity index (χ0v) is 22.0. The molecule has 0 aliphatic carbocycles. The number of benzene rings is 1. The molecule has 2 aromatic rings. The summed E-state index contributed by atoms with van der Waals surface area (Å²) in [5.74, 6) is 1.24. The van der Waals surface area contributed by atoms with Gasteiger partial charge in [0.25, 0.3) is 0 Å². The van der Waals surface area contributed by atoms with Crippen molar-refractivity contribution in [2.45, 2.75) is 71.9 Å². The van der Waals surface area contributed by atoms with Gasteiger partial charge in [0.05, 0.1) is 6.04 Å². The largest absolute Gasteiger partial charge is 0.491 e. The second kappa shape index (κ2) is 12.2. The van der Waals surface area contributed by atoms with Gasteiger partial charge in [-0.1, -0.05) is 39.8 Å². The fraction of sp³-hybridized carbons (Fsp3) is 0.556. The number of nitrogens with zero attached hydrogens (tertiary/aromatic N) is 2. The Morgan fingerprint density at radius 1 is 1.18 bits per heavy atom. The summed E-state index contributed by atoms with van der Waals surface area (Å²) in [6.07, 6.45) is 2.49. The van der Waals surface area contributed by atoms with E-state index in [0.717, 1.165) is 30.6 Å². The number of thiophene rings is 1. The maximum absolute atomic E-state index is 13.5. The third-order valence-electron chi connectivity index (χ3n) is 6.59. The van der Waals surface area contributed by atoms with Crippen LogP contribution in [0.15, 0.2) is 35.7 Å². The van der Waals surface area contributed by atoms with Gasteiger partial charge in [-0.05, 0) is 66.8 Å². The van der Waals surface area contributed by atoms with Gasteiger partial charge in [-0.25, -0.2) is 4.79 Å². The zero-order valence-electron chi connectivity index (χ0n) is 21.2. The van der Waals surface area contributed by atoms with Gasteiger partial charge in [0.15, 0.2) is 0 Å². The molecular weight excluding hydrogens is 446 g/mol. The van der Waals surface area contributed by atoms with Gasteiger partial charge in [-0.2, -0.15) is 0 Å². The second-order valence-corrected chi connectivity index (χ2v) is 10.3. The van der Waals surface area contributed by atoms with Gasteiger partial charge in [0, 0.05) is 24.0 Å². The minimum Gasteiger partial charge on any atom is -0.491 e. The van der Waals surface area contributed by atoms with Crippen molar-refractivity contribution in [2.24, 2.45) is 0 Å². The predicted octanol–water partition coefficient (Wildman–Crippen LogP) is 5.60. The maximum Gasteiger partial charge on any atom is 0.318 e. The summed E-state index contributed by atoms with van der Waals surface area (Å²) in [5.41, 5.74) is 2.43. The van der Waals surface area contributed by atoms with E-state index in [1.807, 2.05) is 37.8 Å². The molecule has 2 atom stereocenters. The lowest BCUT2D eigenvalue weighted by atomic mass is 10.00. The van der Waals surface area contributed by atoms with E-state index in [-0.39, 0.29) is 30.6 Å². The van der Waals surface area contributed by atoms with Crippen LogP contribution in [-0.4, -0.2) is 54.0 Å². The molecule has 1 aliphatic heterocycles. The first-order chi connectivity index (χ1) is 16.3. The number of hydrogen-bond donors (Lipinski definition) is 1. The molecule has 0 saturated heterocycles. The van der Waals surface area contributed by atoms with Gasteiger partial charge in [0.2, 0.25) is 5.91 Å². The number of rotatable bonds is 10. The van der Waals surface area contributed by atoms with E-state index in [2.05, 4.69) is 42.7 Å².